The Morgan fingerprint density at radius 3 is 2.56 bits per heavy atom. The maximum Gasteiger partial charge on any atom is 0.0715 e. The van der Waals surface area contributed by atoms with Crippen molar-refractivity contribution in [2.24, 2.45) is 0 Å². The number of halogens is 2. The second-order valence-corrected chi connectivity index (χ2v) is 5.32. The molecule has 0 aliphatic carbocycles. The number of rotatable bonds is 5. The van der Waals surface area contributed by atoms with Gasteiger partial charge in [0, 0.05) is 16.6 Å². The summed E-state index contributed by atoms with van der Waals surface area (Å²) >= 11 is 11.8. The van der Waals surface area contributed by atoms with Gasteiger partial charge in [-0.2, -0.15) is 0 Å². The molecule has 0 bridgehead atoms. The van der Waals surface area contributed by atoms with Crippen molar-refractivity contribution >= 4 is 23.2 Å². The van der Waals surface area contributed by atoms with E-state index in [1.165, 1.54) is 0 Å². The van der Waals surface area contributed by atoms with Gasteiger partial charge in [-0.25, -0.2) is 0 Å². The van der Waals surface area contributed by atoms with Crippen molar-refractivity contribution in [3.05, 3.63) is 33.8 Å². The molecule has 1 aromatic carbocycles. The first-order valence-electron chi connectivity index (χ1n) is 5.25. The summed E-state index contributed by atoms with van der Waals surface area (Å²) in [7, 11) is 0. The maximum absolute atomic E-state index is 9.50. The van der Waals surface area contributed by atoms with Crippen LogP contribution >= 0.6 is 23.2 Å². The number of hydrogen-bond acceptors (Lipinski definition) is 2. The van der Waals surface area contributed by atoms with Gasteiger partial charge in [0.1, 0.15) is 0 Å². The molecule has 0 atom stereocenters. The molecule has 0 aromatic heterocycles. The molecule has 0 spiro atoms. The lowest BCUT2D eigenvalue weighted by molar-refractivity contribution is 0.0801. The molecule has 2 N–H and O–H groups in total. The Hall–Kier alpha value is -0.280. The molecule has 0 aliphatic heterocycles. The number of hydrogen-bond donors (Lipinski definition) is 2. The quantitative estimate of drug-likeness (QED) is 0.800. The van der Waals surface area contributed by atoms with Gasteiger partial charge in [0.15, 0.2) is 0 Å². The van der Waals surface area contributed by atoms with Gasteiger partial charge in [0.25, 0.3) is 0 Å². The van der Waals surface area contributed by atoms with Crippen molar-refractivity contribution in [3.63, 3.8) is 0 Å². The summed E-state index contributed by atoms with van der Waals surface area (Å²) in [4.78, 5) is 0. The summed E-state index contributed by atoms with van der Waals surface area (Å²) in [5.74, 6) is 0. The molecule has 16 heavy (non-hydrogen) atoms. The van der Waals surface area contributed by atoms with E-state index in [2.05, 4.69) is 5.32 Å². The van der Waals surface area contributed by atoms with E-state index in [4.69, 9.17) is 23.2 Å². The average Bonchev–Trinajstić information content (AvgIpc) is 2.13. The summed E-state index contributed by atoms with van der Waals surface area (Å²) in [5, 5.41) is 14.0. The zero-order chi connectivity index (χ0) is 12.2. The summed E-state index contributed by atoms with van der Waals surface area (Å²) in [6.45, 7) is 4.90. The van der Waals surface area contributed by atoms with Gasteiger partial charge < -0.3 is 10.4 Å². The first-order chi connectivity index (χ1) is 7.38. The van der Waals surface area contributed by atoms with Crippen LogP contribution in [-0.2, 0) is 6.42 Å². The normalized spacial score (nSPS) is 11.8. The standard InChI is InChI=1S/C12H17Cl2NO/c1-12(2,16)8-15-6-5-9-3-4-10(13)7-11(9)14/h3-4,7,15-16H,5-6,8H2,1-2H3. The predicted molar refractivity (Wildman–Crippen MR) is 69.3 cm³/mol. The topological polar surface area (TPSA) is 32.3 Å². The van der Waals surface area contributed by atoms with Crippen molar-refractivity contribution in [1.29, 1.82) is 0 Å². The zero-order valence-corrected chi connectivity index (χ0v) is 11.1. The van der Waals surface area contributed by atoms with Gasteiger partial charge in [-0.15, -0.1) is 0 Å². The van der Waals surface area contributed by atoms with Crippen molar-refractivity contribution in [3.8, 4) is 0 Å². The summed E-state index contributed by atoms with van der Waals surface area (Å²) in [5.41, 5.74) is 0.387. The summed E-state index contributed by atoms with van der Waals surface area (Å²) < 4.78 is 0. The number of aliphatic hydroxyl groups is 1. The zero-order valence-electron chi connectivity index (χ0n) is 9.56. The van der Waals surface area contributed by atoms with E-state index in [0.29, 0.717) is 16.6 Å². The number of nitrogens with one attached hydrogen (secondary N) is 1. The molecular weight excluding hydrogens is 245 g/mol. The lowest BCUT2D eigenvalue weighted by Crippen LogP contribution is -2.35. The van der Waals surface area contributed by atoms with Crippen LogP contribution in [0.2, 0.25) is 10.0 Å². The Balaban J connectivity index is 2.38. The molecule has 1 aromatic rings. The molecule has 0 radical (unpaired) electrons. The third kappa shape index (κ3) is 5.17. The Morgan fingerprint density at radius 1 is 1.31 bits per heavy atom. The molecule has 0 fully saturated rings. The van der Waals surface area contributed by atoms with Crippen LogP contribution in [0.5, 0.6) is 0 Å². The van der Waals surface area contributed by atoms with E-state index in [0.717, 1.165) is 18.5 Å². The first-order valence-corrected chi connectivity index (χ1v) is 6.01. The fourth-order valence-corrected chi connectivity index (χ4v) is 1.84. The first kappa shape index (κ1) is 13.8. The molecule has 0 heterocycles. The largest absolute Gasteiger partial charge is 0.389 e. The van der Waals surface area contributed by atoms with Crippen LogP contribution in [0.3, 0.4) is 0 Å². The molecule has 2 nitrogen and oxygen atoms in total. The predicted octanol–water partition coefficient (Wildman–Crippen LogP) is 2.90. The van der Waals surface area contributed by atoms with Crippen LogP contribution in [0.1, 0.15) is 19.4 Å². The van der Waals surface area contributed by atoms with Crippen molar-refractivity contribution in [2.45, 2.75) is 25.9 Å². The maximum atomic E-state index is 9.50. The van der Waals surface area contributed by atoms with Gasteiger partial charge in [-0.1, -0.05) is 29.3 Å². The molecule has 0 saturated carbocycles. The molecule has 0 saturated heterocycles. The SMILES string of the molecule is CC(C)(O)CNCCc1ccc(Cl)cc1Cl. The van der Waals surface area contributed by atoms with Crippen molar-refractivity contribution in [1.82, 2.24) is 5.32 Å². The van der Waals surface area contributed by atoms with E-state index >= 15 is 0 Å². The smallest absolute Gasteiger partial charge is 0.0715 e. The summed E-state index contributed by atoms with van der Waals surface area (Å²) in [6, 6.07) is 5.50. The highest BCUT2D eigenvalue weighted by Crippen LogP contribution is 2.21. The van der Waals surface area contributed by atoms with Gasteiger partial charge in [0.05, 0.1) is 5.60 Å². The van der Waals surface area contributed by atoms with Crippen LogP contribution in [-0.4, -0.2) is 23.8 Å². The fraction of sp³-hybridized carbons (Fsp3) is 0.500. The van der Waals surface area contributed by atoms with E-state index in [-0.39, 0.29) is 0 Å². The third-order valence-corrected chi connectivity index (χ3v) is 2.73. The minimum Gasteiger partial charge on any atom is -0.389 e. The van der Waals surface area contributed by atoms with Crippen LogP contribution < -0.4 is 5.32 Å². The molecular formula is C12H17Cl2NO. The minimum absolute atomic E-state index is 0.568. The lowest BCUT2D eigenvalue weighted by Gasteiger charge is -2.17. The molecule has 0 unspecified atom stereocenters. The van der Waals surface area contributed by atoms with Crippen LogP contribution in [0.15, 0.2) is 18.2 Å². The van der Waals surface area contributed by atoms with Gasteiger partial charge in [0.2, 0.25) is 0 Å². The number of benzene rings is 1. The Morgan fingerprint density at radius 2 is 2.00 bits per heavy atom. The summed E-state index contributed by atoms with van der Waals surface area (Å²) in [6.07, 6.45) is 0.825. The van der Waals surface area contributed by atoms with Crippen LogP contribution in [0, 0.1) is 0 Å². The second kappa shape index (κ2) is 5.87. The molecule has 4 heteroatoms. The van der Waals surface area contributed by atoms with Crippen LogP contribution in [0.4, 0.5) is 0 Å². The van der Waals surface area contributed by atoms with Crippen molar-refractivity contribution < 1.29 is 5.11 Å². The molecule has 0 aliphatic rings. The second-order valence-electron chi connectivity index (χ2n) is 4.47. The minimum atomic E-state index is -0.677. The molecule has 0 amide bonds. The Labute approximate surface area is 107 Å². The fourth-order valence-electron chi connectivity index (χ4n) is 1.34. The Bertz CT molecular complexity index is 347. The van der Waals surface area contributed by atoms with E-state index in [1.54, 1.807) is 19.9 Å². The van der Waals surface area contributed by atoms with Crippen LogP contribution in [0.25, 0.3) is 0 Å². The molecule has 90 valence electrons. The lowest BCUT2D eigenvalue weighted by atomic mass is 10.1. The Kier molecular flexibility index (Phi) is 5.06. The highest BCUT2D eigenvalue weighted by Gasteiger charge is 2.10. The highest BCUT2D eigenvalue weighted by atomic mass is 35.5. The third-order valence-electron chi connectivity index (χ3n) is 2.14. The van der Waals surface area contributed by atoms with Gasteiger partial charge >= 0.3 is 0 Å². The van der Waals surface area contributed by atoms with Gasteiger partial charge in [-0.05, 0) is 44.5 Å². The van der Waals surface area contributed by atoms with E-state index < -0.39 is 5.60 Å². The molecule has 1 rings (SSSR count). The highest BCUT2D eigenvalue weighted by molar-refractivity contribution is 6.35. The van der Waals surface area contributed by atoms with Gasteiger partial charge in [-0.3, -0.25) is 0 Å². The van der Waals surface area contributed by atoms with E-state index in [9.17, 15) is 5.11 Å². The van der Waals surface area contributed by atoms with Crippen molar-refractivity contribution in [2.75, 3.05) is 13.1 Å². The van der Waals surface area contributed by atoms with E-state index in [1.807, 2.05) is 12.1 Å². The monoisotopic (exact) mass is 261 g/mol. The average molecular weight is 262 g/mol.